The second kappa shape index (κ2) is 6.86. The van der Waals surface area contributed by atoms with Gasteiger partial charge in [-0.1, -0.05) is 33.8 Å². The molecule has 2 saturated heterocycles. The van der Waals surface area contributed by atoms with E-state index in [9.17, 15) is 4.79 Å². The van der Waals surface area contributed by atoms with Crippen LogP contribution in [0.4, 0.5) is 5.69 Å². The third kappa shape index (κ3) is 3.20. The van der Waals surface area contributed by atoms with E-state index in [0.717, 1.165) is 19.1 Å². The molecule has 0 bridgehead atoms. The summed E-state index contributed by atoms with van der Waals surface area (Å²) in [6, 6.07) is 8.21. The summed E-state index contributed by atoms with van der Waals surface area (Å²) in [6.07, 6.45) is 4.56. The van der Waals surface area contributed by atoms with Crippen molar-refractivity contribution in [1.82, 2.24) is 4.90 Å². The standard InChI is InChI=1S/C25H38N2O/c1-17-14-20(26-13-11-21(16-26)27-12-7-8-18(27)2)10-9-19(17)15-22(28)23-24(3,4)25(23,5)6/h9-10,14,18,21,23H,7-8,11-13,15-16H2,1-6H3/t18-,21-/m0/s1. The van der Waals surface area contributed by atoms with Crippen molar-refractivity contribution in [2.24, 2.45) is 16.7 Å². The molecule has 1 aromatic rings. The highest BCUT2D eigenvalue weighted by Crippen LogP contribution is 2.68. The highest BCUT2D eigenvalue weighted by Gasteiger charge is 2.67. The van der Waals surface area contributed by atoms with E-state index < -0.39 is 0 Å². The van der Waals surface area contributed by atoms with Gasteiger partial charge in [0.1, 0.15) is 5.78 Å². The highest BCUT2D eigenvalue weighted by atomic mass is 16.1. The topological polar surface area (TPSA) is 23.6 Å². The Morgan fingerprint density at radius 3 is 2.39 bits per heavy atom. The van der Waals surface area contributed by atoms with E-state index >= 15 is 0 Å². The highest BCUT2D eigenvalue weighted by molar-refractivity contribution is 5.88. The molecule has 3 aliphatic rings. The molecule has 154 valence electrons. The molecule has 2 aliphatic heterocycles. The molecule has 0 unspecified atom stereocenters. The number of likely N-dealkylation sites (tertiary alicyclic amines) is 1. The molecule has 0 radical (unpaired) electrons. The summed E-state index contributed by atoms with van der Waals surface area (Å²) in [4.78, 5) is 18.2. The van der Waals surface area contributed by atoms with E-state index in [2.05, 4.69) is 69.5 Å². The molecular formula is C25H38N2O. The van der Waals surface area contributed by atoms with Crippen molar-refractivity contribution in [2.45, 2.75) is 79.3 Å². The van der Waals surface area contributed by atoms with Crippen LogP contribution in [0.5, 0.6) is 0 Å². The minimum absolute atomic E-state index is 0.134. The number of anilines is 1. The van der Waals surface area contributed by atoms with Gasteiger partial charge in [-0.3, -0.25) is 9.69 Å². The zero-order valence-electron chi connectivity index (χ0n) is 18.7. The molecule has 3 fully saturated rings. The first-order chi connectivity index (χ1) is 13.1. The largest absolute Gasteiger partial charge is 0.370 e. The fourth-order valence-electron chi connectivity index (χ4n) is 6.11. The number of carbonyl (C=O) groups excluding carboxylic acids is 1. The van der Waals surface area contributed by atoms with Crippen molar-refractivity contribution >= 4 is 11.5 Å². The molecule has 0 spiro atoms. The molecule has 1 saturated carbocycles. The van der Waals surface area contributed by atoms with Gasteiger partial charge in [0.2, 0.25) is 0 Å². The third-order valence-corrected chi connectivity index (χ3v) is 8.64. The molecule has 2 heterocycles. The van der Waals surface area contributed by atoms with Crippen LogP contribution >= 0.6 is 0 Å². The van der Waals surface area contributed by atoms with Crippen LogP contribution in [0.1, 0.15) is 65.0 Å². The van der Waals surface area contributed by atoms with Crippen molar-refractivity contribution in [1.29, 1.82) is 0 Å². The number of ketones is 1. The second-order valence-electron chi connectivity index (χ2n) is 10.7. The number of hydrogen-bond acceptors (Lipinski definition) is 3. The van der Waals surface area contributed by atoms with Gasteiger partial charge in [-0.15, -0.1) is 0 Å². The lowest BCUT2D eigenvalue weighted by molar-refractivity contribution is -0.120. The summed E-state index contributed by atoms with van der Waals surface area (Å²) in [5.74, 6) is 0.607. The molecule has 0 amide bonds. The van der Waals surface area contributed by atoms with Crippen molar-refractivity contribution < 1.29 is 4.79 Å². The van der Waals surface area contributed by atoms with Crippen LogP contribution in [0.3, 0.4) is 0 Å². The molecule has 28 heavy (non-hydrogen) atoms. The van der Waals surface area contributed by atoms with Gasteiger partial charge in [-0.25, -0.2) is 0 Å². The van der Waals surface area contributed by atoms with E-state index in [0.29, 0.717) is 18.2 Å². The van der Waals surface area contributed by atoms with Crippen LogP contribution in [0.15, 0.2) is 18.2 Å². The summed E-state index contributed by atoms with van der Waals surface area (Å²) in [5, 5.41) is 0. The lowest BCUT2D eigenvalue weighted by atomic mass is 9.97. The van der Waals surface area contributed by atoms with E-state index in [1.165, 1.54) is 42.6 Å². The first-order valence-electron chi connectivity index (χ1n) is 11.3. The molecule has 0 N–H and O–H groups in total. The first-order valence-corrected chi connectivity index (χ1v) is 11.3. The Hall–Kier alpha value is -1.35. The monoisotopic (exact) mass is 382 g/mol. The lowest BCUT2D eigenvalue weighted by Crippen LogP contribution is -2.39. The number of nitrogens with zero attached hydrogens (tertiary/aromatic N) is 2. The molecule has 0 aromatic heterocycles. The minimum atomic E-state index is 0.134. The number of benzene rings is 1. The van der Waals surface area contributed by atoms with Crippen LogP contribution in [0, 0.1) is 23.7 Å². The smallest absolute Gasteiger partial charge is 0.141 e. The number of rotatable bonds is 5. The van der Waals surface area contributed by atoms with Crippen LogP contribution in [-0.2, 0) is 11.2 Å². The van der Waals surface area contributed by atoms with Gasteiger partial charge in [0, 0.05) is 43.2 Å². The van der Waals surface area contributed by atoms with Crippen molar-refractivity contribution in [2.75, 3.05) is 24.5 Å². The van der Waals surface area contributed by atoms with Crippen LogP contribution in [0.25, 0.3) is 0 Å². The fourth-order valence-corrected chi connectivity index (χ4v) is 6.11. The normalized spacial score (nSPS) is 29.4. The van der Waals surface area contributed by atoms with Gasteiger partial charge in [0.15, 0.2) is 0 Å². The average Bonchev–Trinajstić information content (AvgIpc) is 3.08. The number of carbonyl (C=O) groups is 1. The zero-order chi connectivity index (χ0) is 20.3. The summed E-state index contributed by atoms with van der Waals surface area (Å²) in [7, 11) is 0. The molecule has 3 heteroatoms. The average molecular weight is 383 g/mol. The Labute approximate surface area is 171 Å². The van der Waals surface area contributed by atoms with Crippen LogP contribution in [-0.4, -0.2) is 42.4 Å². The molecule has 2 atom stereocenters. The quantitative estimate of drug-likeness (QED) is 0.727. The molecular weight excluding hydrogens is 344 g/mol. The van der Waals surface area contributed by atoms with Gasteiger partial charge in [0.05, 0.1) is 0 Å². The lowest BCUT2D eigenvalue weighted by Gasteiger charge is -2.28. The van der Waals surface area contributed by atoms with Crippen LogP contribution < -0.4 is 4.90 Å². The van der Waals surface area contributed by atoms with E-state index in [1.54, 1.807) is 0 Å². The Kier molecular flexibility index (Phi) is 4.89. The summed E-state index contributed by atoms with van der Waals surface area (Å²) < 4.78 is 0. The predicted octanol–water partition coefficient (Wildman–Crippen LogP) is 4.85. The van der Waals surface area contributed by atoms with Crippen molar-refractivity contribution in [3.05, 3.63) is 29.3 Å². The number of hydrogen-bond donors (Lipinski definition) is 0. The van der Waals surface area contributed by atoms with Gasteiger partial charge < -0.3 is 4.90 Å². The van der Waals surface area contributed by atoms with Crippen LogP contribution in [0.2, 0.25) is 0 Å². The van der Waals surface area contributed by atoms with E-state index in [4.69, 9.17) is 0 Å². The first kappa shape index (κ1) is 19.9. The Morgan fingerprint density at radius 1 is 1.11 bits per heavy atom. The van der Waals surface area contributed by atoms with Gasteiger partial charge >= 0.3 is 0 Å². The summed E-state index contributed by atoms with van der Waals surface area (Å²) in [5.41, 5.74) is 4.07. The van der Waals surface area contributed by atoms with Crippen molar-refractivity contribution in [3.63, 3.8) is 0 Å². The maximum Gasteiger partial charge on any atom is 0.141 e. The van der Waals surface area contributed by atoms with E-state index in [1.807, 2.05) is 0 Å². The Bertz CT molecular complexity index is 752. The molecule has 3 nitrogen and oxygen atoms in total. The minimum Gasteiger partial charge on any atom is -0.370 e. The maximum absolute atomic E-state index is 12.9. The SMILES string of the molecule is Cc1cc(N2CC[C@H](N3CCC[C@@H]3C)C2)ccc1CC(=O)C1C(C)(C)C1(C)C. The zero-order valence-corrected chi connectivity index (χ0v) is 18.7. The van der Waals surface area contributed by atoms with Crippen molar-refractivity contribution in [3.8, 4) is 0 Å². The maximum atomic E-state index is 12.9. The van der Waals surface area contributed by atoms with Gasteiger partial charge in [-0.05, 0) is 73.7 Å². The number of aryl methyl sites for hydroxylation is 1. The van der Waals surface area contributed by atoms with Gasteiger partial charge in [0.25, 0.3) is 0 Å². The number of Topliss-reactive ketones (excluding diaryl/α,β-unsaturated/α-hetero) is 1. The molecule has 1 aromatic carbocycles. The Morgan fingerprint density at radius 2 is 1.82 bits per heavy atom. The summed E-state index contributed by atoms with van der Waals surface area (Å²) >= 11 is 0. The fraction of sp³-hybridized carbons (Fsp3) is 0.720. The summed E-state index contributed by atoms with van der Waals surface area (Å²) in [6.45, 7) is 17.1. The van der Waals surface area contributed by atoms with Gasteiger partial charge in [-0.2, -0.15) is 0 Å². The molecule has 1 aliphatic carbocycles. The Balaban J connectivity index is 1.41. The predicted molar refractivity (Wildman–Crippen MR) is 117 cm³/mol. The third-order valence-electron chi connectivity index (χ3n) is 8.64. The second-order valence-corrected chi connectivity index (χ2v) is 10.7. The van der Waals surface area contributed by atoms with E-state index in [-0.39, 0.29) is 16.7 Å². The molecule has 4 rings (SSSR count).